The number of hydroxylamine groups is 1. The lowest BCUT2D eigenvalue weighted by molar-refractivity contribution is -0.122. The van der Waals surface area contributed by atoms with Crippen molar-refractivity contribution in [1.29, 1.82) is 0 Å². The minimum atomic E-state index is -0.238. The Bertz CT molecular complexity index is 119. The Balaban J connectivity index is 2.35. The zero-order chi connectivity index (χ0) is 7.40. The molecule has 1 unspecified atom stereocenters. The fourth-order valence-corrected chi connectivity index (χ4v) is 0.979. The Morgan fingerprint density at radius 1 is 1.70 bits per heavy atom. The minimum Gasteiger partial charge on any atom is -0.369 e. The normalized spacial score (nSPS) is 27.4. The highest BCUT2D eigenvalue weighted by atomic mass is 16.6. The molecule has 1 aliphatic rings. The fraction of sp³-hybridized carbons (Fsp3) is 0.833. The molecule has 3 N–H and O–H groups in total. The average Bonchev–Trinajstić information content (AvgIpc) is 2.12. The van der Waals surface area contributed by atoms with Crippen molar-refractivity contribution in [3.05, 3.63) is 0 Å². The van der Waals surface area contributed by atoms with E-state index in [2.05, 4.69) is 5.48 Å². The second kappa shape index (κ2) is 3.53. The lowest BCUT2D eigenvalue weighted by atomic mass is 10.0. The summed E-state index contributed by atoms with van der Waals surface area (Å²) >= 11 is 0. The number of hydrogen-bond acceptors (Lipinski definition) is 3. The van der Waals surface area contributed by atoms with Gasteiger partial charge in [0.2, 0.25) is 5.91 Å². The van der Waals surface area contributed by atoms with E-state index in [4.69, 9.17) is 10.6 Å². The SMILES string of the molecule is NC(=O)C1CCCONC1. The summed E-state index contributed by atoms with van der Waals surface area (Å²) in [7, 11) is 0. The zero-order valence-electron chi connectivity index (χ0n) is 5.80. The lowest BCUT2D eigenvalue weighted by Crippen LogP contribution is -2.30. The number of nitrogens with two attached hydrogens (primary N) is 1. The molecule has 0 aliphatic carbocycles. The quantitative estimate of drug-likeness (QED) is 0.516. The first-order chi connectivity index (χ1) is 4.80. The highest BCUT2D eigenvalue weighted by molar-refractivity contribution is 5.76. The molecule has 10 heavy (non-hydrogen) atoms. The van der Waals surface area contributed by atoms with Crippen molar-refractivity contribution in [2.45, 2.75) is 12.8 Å². The van der Waals surface area contributed by atoms with Gasteiger partial charge in [0, 0.05) is 6.54 Å². The number of rotatable bonds is 1. The molecule has 1 atom stereocenters. The van der Waals surface area contributed by atoms with Gasteiger partial charge in [-0.15, -0.1) is 0 Å². The van der Waals surface area contributed by atoms with Crippen molar-refractivity contribution in [2.24, 2.45) is 11.7 Å². The van der Waals surface area contributed by atoms with Crippen LogP contribution in [0.4, 0.5) is 0 Å². The van der Waals surface area contributed by atoms with Crippen LogP contribution in [0.5, 0.6) is 0 Å². The van der Waals surface area contributed by atoms with E-state index in [1.807, 2.05) is 0 Å². The van der Waals surface area contributed by atoms with Gasteiger partial charge in [-0.1, -0.05) is 0 Å². The van der Waals surface area contributed by atoms with Gasteiger partial charge in [-0.2, -0.15) is 0 Å². The van der Waals surface area contributed by atoms with Gasteiger partial charge >= 0.3 is 0 Å². The smallest absolute Gasteiger partial charge is 0.221 e. The monoisotopic (exact) mass is 144 g/mol. The molecule has 1 heterocycles. The molecule has 0 aromatic rings. The molecule has 1 rings (SSSR count). The van der Waals surface area contributed by atoms with Gasteiger partial charge in [0.15, 0.2) is 0 Å². The minimum absolute atomic E-state index is 0.0532. The molecule has 0 bridgehead atoms. The molecule has 1 aliphatic heterocycles. The first-order valence-corrected chi connectivity index (χ1v) is 3.44. The van der Waals surface area contributed by atoms with Crippen molar-refractivity contribution in [3.63, 3.8) is 0 Å². The van der Waals surface area contributed by atoms with Gasteiger partial charge in [0.1, 0.15) is 0 Å². The van der Waals surface area contributed by atoms with Gasteiger partial charge in [-0.25, -0.2) is 5.48 Å². The number of carbonyl (C=O) groups excluding carboxylic acids is 1. The third-order valence-electron chi connectivity index (χ3n) is 1.63. The molecule has 58 valence electrons. The Kier molecular flexibility index (Phi) is 2.65. The average molecular weight is 144 g/mol. The van der Waals surface area contributed by atoms with E-state index in [1.54, 1.807) is 0 Å². The van der Waals surface area contributed by atoms with E-state index >= 15 is 0 Å². The summed E-state index contributed by atoms with van der Waals surface area (Å²) in [4.78, 5) is 15.6. The molecule has 0 radical (unpaired) electrons. The summed E-state index contributed by atoms with van der Waals surface area (Å²) in [5, 5.41) is 0. The Morgan fingerprint density at radius 3 is 3.20 bits per heavy atom. The van der Waals surface area contributed by atoms with E-state index < -0.39 is 0 Å². The maximum atomic E-state index is 10.6. The second-order valence-corrected chi connectivity index (χ2v) is 2.44. The first-order valence-electron chi connectivity index (χ1n) is 3.44. The predicted octanol–water partition coefficient (Wildman–Crippen LogP) is -0.597. The third-order valence-corrected chi connectivity index (χ3v) is 1.63. The maximum Gasteiger partial charge on any atom is 0.221 e. The van der Waals surface area contributed by atoms with Crippen LogP contribution in [0.1, 0.15) is 12.8 Å². The second-order valence-electron chi connectivity index (χ2n) is 2.44. The number of primary amides is 1. The van der Waals surface area contributed by atoms with Crippen molar-refractivity contribution in [2.75, 3.05) is 13.2 Å². The number of carbonyl (C=O) groups is 1. The summed E-state index contributed by atoms with van der Waals surface area (Å²) < 4.78 is 0. The zero-order valence-corrected chi connectivity index (χ0v) is 5.80. The number of hydrogen-bond donors (Lipinski definition) is 2. The van der Waals surface area contributed by atoms with Crippen LogP contribution >= 0.6 is 0 Å². The molecule has 0 spiro atoms. The summed E-state index contributed by atoms with van der Waals surface area (Å²) in [5.74, 6) is -0.291. The topological polar surface area (TPSA) is 64.4 Å². The van der Waals surface area contributed by atoms with Crippen LogP contribution in [-0.4, -0.2) is 19.1 Å². The number of amides is 1. The molecular formula is C6H12N2O2. The summed E-state index contributed by atoms with van der Waals surface area (Å²) in [6.07, 6.45) is 1.74. The van der Waals surface area contributed by atoms with Crippen LogP contribution in [0, 0.1) is 5.92 Å². The van der Waals surface area contributed by atoms with Crippen molar-refractivity contribution in [1.82, 2.24) is 5.48 Å². The van der Waals surface area contributed by atoms with Crippen LogP contribution in [-0.2, 0) is 9.63 Å². The highest BCUT2D eigenvalue weighted by Crippen LogP contribution is 2.07. The summed E-state index contributed by atoms with van der Waals surface area (Å²) in [5.41, 5.74) is 7.78. The molecule has 4 nitrogen and oxygen atoms in total. The Morgan fingerprint density at radius 2 is 2.50 bits per heavy atom. The summed E-state index contributed by atoms with van der Waals surface area (Å²) in [6.45, 7) is 1.22. The van der Waals surface area contributed by atoms with Crippen LogP contribution in [0.3, 0.4) is 0 Å². The molecule has 0 aromatic heterocycles. The molecule has 4 heteroatoms. The first kappa shape index (κ1) is 7.50. The highest BCUT2D eigenvalue weighted by Gasteiger charge is 2.16. The van der Waals surface area contributed by atoms with Gasteiger partial charge in [-0.3, -0.25) is 4.79 Å². The van der Waals surface area contributed by atoms with Crippen molar-refractivity contribution in [3.8, 4) is 0 Å². The Hall–Kier alpha value is -0.610. The van der Waals surface area contributed by atoms with Gasteiger partial charge in [-0.05, 0) is 12.8 Å². The van der Waals surface area contributed by atoms with Crippen LogP contribution in [0.25, 0.3) is 0 Å². The van der Waals surface area contributed by atoms with E-state index in [0.29, 0.717) is 13.2 Å². The van der Waals surface area contributed by atoms with Crippen LogP contribution in [0.15, 0.2) is 0 Å². The van der Waals surface area contributed by atoms with E-state index in [1.165, 1.54) is 0 Å². The van der Waals surface area contributed by atoms with Crippen molar-refractivity contribution >= 4 is 5.91 Å². The van der Waals surface area contributed by atoms with E-state index in [0.717, 1.165) is 12.8 Å². The Labute approximate surface area is 59.7 Å². The maximum absolute atomic E-state index is 10.6. The largest absolute Gasteiger partial charge is 0.369 e. The number of nitrogens with one attached hydrogen (secondary N) is 1. The van der Waals surface area contributed by atoms with Crippen LogP contribution in [0.2, 0.25) is 0 Å². The molecule has 1 amide bonds. The third kappa shape index (κ3) is 1.97. The molecule has 0 saturated carbocycles. The fourth-order valence-electron chi connectivity index (χ4n) is 0.979. The standard InChI is InChI=1S/C6H12N2O2/c7-6(9)5-2-1-3-10-8-4-5/h5,8H,1-4H2,(H2,7,9). The van der Waals surface area contributed by atoms with Crippen LogP contribution < -0.4 is 11.2 Å². The molecule has 1 saturated heterocycles. The van der Waals surface area contributed by atoms with Gasteiger partial charge < -0.3 is 10.6 Å². The predicted molar refractivity (Wildman–Crippen MR) is 35.9 cm³/mol. The van der Waals surface area contributed by atoms with Crippen molar-refractivity contribution < 1.29 is 9.63 Å². The summed E-state index contributed by atoms with van der Waals surface area (Å²) in [6, 6.07) is 0. The molecular weight excluding hydrogens is 132 g/mol. The molecule has 1 fully saturated rings. The van der Waals surface area contributed by atoms with E-state index in [9.17, 15) is 4.79 Å². The van der Waals surface area contributed by atoms with Gasteiger partial charge in [0.25, 0.3) is 0 Å². The lowest BCUT2D eigenvalue weighted by Gasteiger charge is -2.06. The molecule has 0 aromatic carbocycles. The van der Waals surface area contributed by atoms with E-state index in [-0.39, 0.29) is 11.8 Å². The van der Waals surface area contributed by atoms with Gasteiger partial charge in [0.05, 0.1) is 12.5 Å².